The van der Waals surface area contributed by atoms with Crippen molar-refractivity contribution in [3.63, 3.8) is 0 Å². The van der Waals surface area contributed by atoms with Gasteiger partial charge < -0.3 is 4.89 Å². The van der Waals surface area contributed by atoms with E-state index in [1.165, 1.54) is 0 Å². The van der Waals surface area contributed by atoms with E-state index in [1.807, 2.05) is 48.5 Å². The topological polar surface area (TPSA) is 55.8 Å². The number of hydrogen-bond donors (Lipinski definition) is 1. The van der Waals surface area contributed by atoms with Crippen LogP contribution in [0.25, 0.3) is 12.2 Å². The first-order chi connectivity index (χ1) is 11.0. The molecule has 4 nitrogen and oxygen atoms in total. The first kappa shape index (κ1) is 17.4. The molecular weight excluding hydrogens is 311 g/mol. The van der Waals surface area contributed by atoms with E-state index in [0.717, 1.165) is 22.3 Å². The molecule has 0 heterocycles. The second-order valence-electron chi connectivity index (χ2n) is 4.91. The number of rotatable bonds is 8. The summed E-state index contributed by atoms with van der Waals surface area (Å²) in [5, 5.41) is 0. The largest absolute Gasteiger partial charge is 0.472 e. The molecule has 2 aromatic carbocycles. The lowest BCUT2D eigenvalue weighted by atomic mass is 10.1. The molecule has 2 rings (SSSR count). The van der Waals surface area contributed by atoms with Gasteiger partial charge in [0.1, 0.15) is 0 Å². The molecule has 2 aromatic rings. The molecule has 0 bridgehead atoms. The summed E-state index contributed by atoms with van der Waals surface area (Å²) < 4.78 is 21.9. The van der Waals surface area contributed by atoms with E-state index in [2.05, 4.69) is 13.2 Å². The molecule has 5 heteroatoms. The summed E-state index contributed by atoms with van der Waals surface area (Å²) in [4.78, 5) is 9.72. The van der Waals surface area contributed by atoms with Crippen LogP contribution in [0.1, 0.15) is 22.3 Å². The minimum atomic E-state index is -4.10. The van der Waals surface area contributed by atoms with E-state index >= 15 is 0 Å². The average Bonchev–Trinajstić information content (AvgIpc) is 2.59. The Labute approximate surface area is 136 Å². The SMILES string of the molecule is C=Cc1ccc(COP(=O)(O)OCc2ccc(C=C)cc2)cc1. The van der Waals surface area contributed by atoms with Crippen molar-refractivity contribution in [2.24, 2.45) is 0 Å². The molecule has 0 spiro atoms. The Morgan fingerprint density at radius 1 is 0.826 bits per heavy atom. The molecule has 0 unspecified atom stereocenters. The number of phosphoric ester groups is 1. The monoisotopic (exact) mass is 330 g/mol. The Bertz CT molecular complexity index is 645. The number of benzene rings is 2. The molecule has 0 atom stereocenters. The summed E-state index contributed by atoms with van der Waals surface area (Å²) in [6.45, 7) is 7.34. The minimum absolute atomic E-state index is 0.000598. The van der Waals surface area contributed by atoms with Crippen LogP contribution in [0.4, 0.5) is 0 Å². The van der Waals surface area contributed by atoms with Crippen LogP contribution < -0.4 is 0 Å². The van der Waals surface area contributed by atoms with Crippen LogP contribution in [-0.2, 0) is 26.8 Å². The van der Waals surface area contributed by atoms with E-state index in [0.29, 0.717) is 0 Å². The van der Waals surface area contributed by atoms with Crippen molar-refractivity contribution in [2.75, 3.05) is 0 Å². The molecule has 1 N–H and O–H groups in total. The molecule has 0 saturated carbocycles. The zero-order valence-electron chi connectivity index (χ0n) is 12.7. The van der Waals surface area contributed by atoms with Gasteiger partial charge in [0.05, 0.1) is 13.2 Å². The number of hydrogen-bond acceptors (Lipinski definition) is 3. The zero-order chi connectivity index (χ0) is 16.7. The predicted molar refractivity (Wildman–Crippen MR) is 92.5 cm³/mol. The Kier molecular flexibility index (Phi) is 6.08. The van der Waals surface area contributed by atoms with Crippen LogP contribution >= 0.6 is 7.82 Å². The lowest BCUT2D eigenvalue weighted by Crippen LogP contribution is -1.97. The summed E-state index contributed by atoms with van der Waals surface area (Å²) in [5.41, 5.74) is 3.51. The molecule has 0 aliphatic carbocycles. The standard InChI is InChI=1S/C18H19O4P/c1-3-15-5-9-17(10-6-15)13-21-23(19,20)22-14-18-11-7-16(4-2)8-12-18/h3-12H,1-2,13-14H2,(H,19,20). The second-order valence-corrected chi connectivity index (χ2v) is 6.36. The molecule has 120 valence electrons. The third-order valence-electron chi connectivity index (χ3n) is 3.22. The molecule has 0 saturated heterocycles. The Hall–Kier alpha value is -1.97. The highest BCUT2D eigenvalue weighted by Gasteiger charge is 2.21. The van der Waals surface area contributed by atoms with Gasteiger partial charge in [-0.2, -0.15) is 0 Å². The van der Waals surface area contributed by atoms with Crippen molar-refractivity contribution in [3.8, 4) is 0 Å². The van der Waals surface area contributed by atoms with Gasteiger partial charge in [0, 0.05) is 0 Å². The van der Waals surface area contributed by atoms with Gasteiger partial charge in [-0.1, -0.05) is 73.8 Å². The molecule has 0 fully saturated rings. The van der Waals surface area contributed by atoms with Crippen LogP contribution in [0, 0.1) is 0 Å². The first-order valence-electron chi connectivity index (χ1n) is 7.07. The van der Waals surface area contributed by atoms with Gasteiger partial charge in [0.2, 0.25) is 0 Å². The van der Waals surface area contributed by atoms with Crippen LogP contribution in [0.3, 0.4) is 0 Å². The van der Waals surface area contributed by atoms with Crippen LogP contribution in [0.15, 0.2) is 61.7 Å². The van der Waals surface area contributed by atoms with E-state index in [4.69, 9.17) is 9.05 Å². The predicted octanol–water partition coefficient (Wildman–Crippen LogP) is 4.81. The van der Waals surface area contributed by atoms with E-state index in [9.17, 15) is 9.46 Å². The second kappa shape index (κ2) is 8.04. The smallest absolute Gasteiger partial charge is 0.302 e. The summed E-state index contributed by atoms with van der Waals surface area (Å²) in [6, 6.07) is 14.7. The van der Waals surface area contributed by atoms with Gasteiger partial charge >= 0.3 is 7.82 Å². The fourth-order valence-corrected chi connectivity index (χ4v) is 2.55. The van der Waals surface area contributed by atoms with Gasteiger partial charge in [0.25, 0.3) is 0 Å². The maximum atomic E-state index is 11.9. The van der Waals surface area contributed by atoms with Gasteiger partial charge in [-0.25, -0.2) is 4.57 Å². The zero-order valence-corrected chi connectivity index (χ0v) is 13.6. The van der Waals surface area contributed by atoms with Crippen LogP contribution in [0.5, 0.6) is 0 Å². The first-order valence-corrected chi connectivity index (χ1v) is 8.56. The van der Waals surface area contributed by atoms with Crippen molar-refractivity contribution >= 4 is 20.0 Å². The van der Waals surface area contributed by atoms with Crippen molar-refractivity contribution < 1.29 is 18.5 Å². The van der Waals surface area contributed by atoms with Gasteiger partial charge in [-0.15, -0.1) is 0 Å². The highest BCUT2D eigenvalue weighted by atomic mass is 31.2. The molecule has 0 radical (unpaired) electrons. The molecule has 0 amide bonds. The molecule has 23 heavy (non-hydrogen) atoms. The maximum absolute atomic E-state index is 11.9. The van der Waals surface area contributed by atoms with Crippen molar-refractivity contribution in [1.82, 2.24) is 0 Å². The van der Waals surface area contributed by atoms with E-state index in [-0.39, 0.29) is 13.2 Å². The summed E-state index contributed by atoms with van der Waals surface area (Å²) in [5.74, 6) is 0. The average molecular weight is 330 g/mol. The highest BCUT2D eigenvalue weighted by molar-refractivity contribution is 7.47. The summed E-state index contributed by atoms with van der Waals surface area (Å²) >= 11 is 0. The molecular formula is C18H19O4P. The summed E-state index contributed by atoms with van der Waals surface area (Å²) in [6.07, 6.45) is 3.45. The molecule has 0 aliphatic rings. The fraction of sp³-hybridized carbons (Fsp3) is 0.111. The van der Waals surface area contributed by atoms with E-state index in [1.54, 1.807) is 12.2 Å². The van der Waals surface area contributed by atoms with Crippen molar-refractivity contribution in [3.05, 3.63) is 83.9 Å². The molecule has 0 aliphatic heterocycles. The van der Waals surface area contributed by atoms with E-state index < -0.39 is 7.82 Å². The van der Waals surface area contributed by atoms with Gasteiger partial charge in [0.15, 0.2) is 0 Å². The highest BCUT2D eigenvalue weighted by Crippen LogP contribution is 2.44. The van der Waals surface area contributed by atoms with Crippen molar-refractivity contribution in [2.45, 2.75) is 13.2 Å². The Morgan fingerprint density at radius 3 is 1.48 bits per heavy atom. The lowest BCUT2D eigenvalue weighted by molar-refractivity contribution is 0.137. The Morgan fingerprint density at radius 2 is 1.17 bits per heavy atom. The van der Waals surface area contributed by atoms with Gasteiger partial charge in [-0.3, -0.25) is 9.05 Å². The number of phosphoric acid groups is 1. The fourth-order valence-electron chi connectivity index (χ4n) is 1.85. The normalized spacial score (nSPS) is 11.2. The van der Waals surface area contributed by atoms with Crippen LogP contribution in [-0.4, -0.2) is 4.89 Å². The van der Waals surface area contributed by atoms with Crippen LogP contribution in [0.2, 0.25) is 0 Å². The minimum Gasteiger partial charge on any atom is -0.302 e. The summed E-state index contributed by atoms with van der Waals surface area (Å²) in [7, 11) is -4.10. The quantitative estimate of drug-likeness (QED) is 0.706. The van der Waals surface area contributed by atoms with Gasteiger partial charge in [-0.05, 0) is 22.3 Å². The molecule has 0 aromatic heterocycles. The Balaban J connectivity index is 1.86. The van der Waals surface area contributed by atoms with Crippen molar-refractivity contribution in [1.29, 1.82) is 0 Å². The third kappa shape index (κ3) is 5.62. The lowest BCUT2D eigenvalue weighted by Gasteiger charge is -2.12. The maximum Gasteiger partial charge on any atom is 0.472 e. The third-order valence-corrected chi connectivity index (χ3v) is 4.13.